The lowest BCUT2D eigenvalue weighted by Crippen LogP contribution is -2.10. The first-order chi connectivity index (χ1) is 7.09. The van der Waals surface area contributed by atoms with Crippen molar-refractivity contribution in [2.24, 2.45) is 5.92 Å². The number of benzene rings is 1. The molecule has 1 atom stereocenters. The van der Waals surface area contributed by atoms with Crippen LogP contribution in [0.25, 0.3) is 5.57 Å². The predicted molar refractivity (Wildman–Crippen MR) is 59.9 cm³/mol. The second-order valence-corrected chi connectivity index (χ2v) is 4.16. The summed E-state index contributed by atoms with van der Waals surface area (Å²) in [6.45, 7) is 1.71. The van der Waals surface area contributed by atoms with Gasteiger partial charge < -0.3 is 5.11 Å². The molecule has 0 fully saturated rings. The normalized spacial score (nSPS) is 15.7. The minimum absolute atomic E-state index is 0.451. The molecule has 1 N–H and O–H groups in total. The second kappa shape index (κ2) is 3.70. The molecule has 0 aromatic heterocycles. The first-order valence-corrected chi connectivity index (χ1v) is 5.19. The van der Waals surface area contributed by atoms with Crippen LogP contribution < -0.4 is 0 Å². The van der Waals surface area contributed by atoms with E-state index in [2.05, 4.69) is 0 Å². The molecular weight excluding hydrogens is 212 g/mol. The lowest BCUT2D eigenvalue weighted by molar-refractivity contribution is -0.139. The van der Waals surface area contributed by atoms with Crippen molar-refractivity contribution in [3.8, 4) is 0 Å². The summed E-state index contributed by atoms with van der Waals surface area (Å²) in [5, 5.41) is 9.66. The van der Waals surface area contributed by atoms with Gasteiger partial charge in [-0.2, -0.15) is 0 Å². The number of fused-ring (bicyclic) bond motifs is 1. The van der Waals surface area contributed by atoms with E-state index < -0.39 is 11.9 Å². The topological polar surface area (TPSA) is 37.3 Å². The van der Waals surface area contributed by atoms with Gasteiger partial charge in [-0.05, 0) is 42.2 Å². The van der Waals surface area contributed by atoms with Crippen molar-refractivity contribution in [1.29, 1.82) is 0 Å². The summed E-state index contributed by atoms with van der Waals surface area (Å²) in [7, 11) is 0. The SMILES string of the molecule is CC(C(=O)O)C1=CCc2cc(Cl)ccc21. The zero-order valence-corrected chi connectivity index (χ0v) is 9.08. The first-order valence-electron chi connectivity index (χ1n) is 4.81. The van der Waals surface area contributed by atoms with E-state index in [1.54, 1.807) is 13.0 Å². The monoisotopic (exact) mass is 222 g/mol. The number of aliphatic carboxylic acids is 1. The van der Waals surface area contributed by atoms with Gasteiger partial charge in [-0.1, -0.05) is 23.7 Å². The summed E-state index contributed by atoms with van der Waals surface area (Å²) in [5.74, 6) is -1.24. The maximum Gasteiger partial charge on any atom is 0.310 e. The van der Waals surface area contributed by atoms with Gasteiger partial charge in [-0.15, -0.1) is 0 Å². The Kier molecular flexibility index (Phi) is 2.53. The highest BCUT2D eigenvalue weighted by Gasteiger charge is 2.23. The molecular formula is C12H11ClO2. The molecule has 0 saturated heterocycles. The Labute approximate surface area is 93.2 Å². The van der Waals surface area contributed by atoms with Gasteiger partial charge in [0, 0.05) is 5.02 Å². The number of halogens is 1. The Balaban J connectivity index is 2.39. The standard InChI is InChI=1S/C12H11ClO2/c1-7(12(14)15)10-4-2-8-6-9(13)3-5-11(8)10/h3-7H,2H2,1H3,(H,14,15). The Morgan fingerprint density at radius 3 is 2.93 bits per heavy atom. The molecule has 0 saturated carbocycles. The van der Waals surface area contributed by atoms with Gasteiger partial charge in [-0.3, -0.25) is 4.79 Å². The zero-order valence-electron chi connectivity index (χ0n) is 8.33. The van der Waals surface area contributed by atoms with Crippen LogP contribution in [0.15, 0.2) is 24.3 Å². The highest BCUT2D eigenvalue weighted by molar-refractivity contribution is 6.30. The Bertz CT molecular complexity index is 449. The molecule has 78 valence electrons. The van der Waals surface area contributed by atoms with Crippen LogP contribution in [0.4, 0.5) is 0 Å². The number of allylic oxidation sites excluding steroid dienone is 1. The molecule has 3 heteroatoms. The van der Waals surface area contributed by atoms with Crippen molar-refractivity contribution in [2.75, 3.05) is 0 Å². The molecule has 0 spiro atoms. The van der Waals surface area contributed by atoms with Crippen molar-refractivity contribution >= 4 is 23.1 Å². The molecule has 2 nitrogen and oxygen atoms in total. The molecule has 1 aliphatic carbocycles. The Morgan fingerprint density at radius 1 is 1.53 bits per heavy atom. The fourth-order valence-corrected chi connectivity index (χ4v) is 2.08. The lowest BCUT2D eigenvalue weighted by Gasteiger charge is -2.10. The third-order valence-electron chi connectivity index (χ3n) is 2.76. The summed E-state index contributed by atoms with van der Waals surface area (Å²) in [5.41, 5.74) is 3.04. The third-order valence-corrected chi connectivity index (χ3v) is 2.99. The van der Waals surface area contributed by atoms with Crippen LogP contribution in [-0.2, 0) is 11.2 Å². The van der Waals surface area contributed by atoms with Gasteiger partial charge in [0.15, 0.2) is 0 Å². The maximum atomic E-state index is 10.9. The van der Waals surface area contributed by atoms with E-state index in [0.29, 0.717) is 5.02 Å². The van der Waals surface area contributed by atoms with Crippen LogP contribution in [0.2, 0.25) is 5.02 Å². The molecule has 2 rings (SSSR count). The summed E-state index contributed by atoms with van der Waals surface area (Å²) in [6, 6.07) is 5.60. The average molecular weight is 223 g/mol. The number of hydrogen-bond acceptors (Lipinski definition) is 1. The minimum Gasteiger partial charge on any atom is -0.481 e. The van der Waals surface area contributed by atoms with Crippen molar-refractivity contribution < 1.29 is 9.90 Å². The van der Waals surface area contributed by atoms with Gasteiger partial charge in [0.25, 0.3) is 0 Å². The molecule has 1 aliphatic rings. The third kappa shape index (κ3) is 1.77. The molecule has 0 heterocycles. The van der Waals surface area contributed by atoms with Gasteiger partial charge in [0.05, 0.1) is 5.92 Å². The van der Waals surface area contributed by atoms with Crippen molar-refractivity contribution in [3.63, 3.8) is 0 Å². The summed E-state index contributed by atoms with van der Waals surface area (Å²) >= 11 is 5.87. The minimum atomic E-state index is -0.788. The second-order valence-electron chi connectivity index (χ2n) is 3.72. The molecule has 0 aliphatic heterocycles. The number of carbonyl (C=O) groups is 1. The van der Waals surface area contributed by atoms with Crippen molar-refractivity contribution in [2.45, 2.75) is 13.3 Å². The molecule has 1 aromatic carbocycles. The fraction of sp³-hybridized carbons (Fsp3) is 0.250. The largest absolute Gasteiger partial charge is 0.481 e. The molecule has 0 radical (unpaired) electrons. The molecule has 15 heavy (non-hydrogen) atoms. The van der Waals surface area contributed by atoms with Crippen LogP contribution in [0.1, 0.15) is 18.1 Å². The van der Waals surface area contributed by atoms with E-state index in [9.17, 15) is 4.79 Å². The van der Waals surface area contributed by atoms with Gasteiger partial charge in [0.2, 0.25) is 0 Å². The van der Waals surface area contributed by atoms with Crippen LogP contribution in [0, 0.1) is 5.92 Å². The lowest BCUT2D eigenvalue weighted by atomic mass is 9.95. The molecule has 0 bridgehead atoms. The van der Waals surface area contributed by atoms with Crippen molar-refractivity contribution in [3.05, 3.63) is 40.4 Å². The number of rotatable bonds is 2. The quantitative estimate of drug-likeness (QED) is 0.835. The van der Waals surface area contributed by atoms with E-state index in [0.717, 1.165) is 23.1 Å². The maximum absolute atomic E-state index is 10.9. The summed E-state index contributed by atoms with van der Waals surface area (Å²) < 4.78 is 0. The molecule has 1 aromatic rings. The van der Waals surface area contributed by atoms with Crippen LogP contribution >= 0.6 is 11.6 Å². The zero-order chi connectivity index (χ0) is 11.0. The van der Waals surface area contributed by atoms with Crippen LogP contribution in [0.5, 0.6) is 0 Å². The Morgan fingerprint density at radius 2 is 2.27 bits per heavy atom. The van der Waals surface area contributed by atoms with Gasteiger partial charge >= 0.3 is 5.97 Å². The predicted octanol–water partition coefficient (Wildman–Crippen LogP) is 3.00. The first kappa shape index (κ1) is 10.2. The summed E-state index contributed by atoms with van der Waals surface area (Å²) in [6.07, 6.45) is 2.75. The van der Waals surface area contributed by atoms with E-state index in [-0.39, 0.29) is 0 Å². The smallest absolute Gasteiger partial charge is 0.310 e. The highest BCUT2D eigenvalue weighted by atomic mass is 35.5. The van der Waals surface area contributed by atoms with Gasteiger partial charge in [-0.25, -0.2) is 0 Å². The number of carboxylic acids is 1. The molecule has 1 unspecified atom stereocenters. The van der Waals surface area contributed by atoms with Crippen molar-refractivity contribution in [1.82, 2.24) is 0 Å². The summed E-state index contributed by atoms with van der Waals surface area (Å²) in [4.78, 5) is 10.9. The van der Waals surface area contributed by atoms with E-state index in [1.165, 1.54) is 0 Å². The number of hydrogen-bond donors (Lipinski definition) is 1. The number of carboxylic acid groups (broad SMARTS) is 1. The van der Waals surface area contributed by atoms with Gasteiger partial charge in [0.1, 0.15) is 0 Å². The van der Waals surface area contributed by atoms with E-state index >= 15 is 0 Å². The molecule has 0 amide bonds. The van der Waals surface area contributed by atoms with Crippen LogP contribution in [-0.4, -0.2) is 11.1 Å². The van der Waals surface area contributed by atoms with E-state index in [4.69, 9.17) is 16.7 Å². The fourth-order valence-electron chi connectivity index (χ4n) is 1.89. The van der Waals surface area contributed by atoms with Crippen LogP contribution in [0.3, 0.4) is 0 Å². The van der Waals surface area contributed by atoms with E-state index in [1.807, 2.05) is 18.2 Å². The average Bonchev–Trinajstić information content (AvgIpc) is 2.59. The Hall–Kier alpha value is -1.28. The highest BCUT2D eigenvalue weighted by Crippen LogP contribution is 2.34.